The van der Waals surface area contributed by atoms with Crippen LogP contribution in [0.2, 0.25) is 0 Å². The second-order valence-electron chi connectivity index (χ2n) is 8.45. The molecule has 0 bridgehead atoms. The molecule has 1 aliphatic heterocycles. The fourth-order valence-corrected chi connectivity index (χ4v) is 4.38. The Balaban J connectivity index is 1.39. The molecule has 1 aromatic heterocycles. The zero-order valence-corrected chi connectivity index (χ0v) is 18.6. The highest BCUT2D eigenvalue weighted by molar-refractivity contribution is 5.58. The summed E-state index contributed by atoms with van der Waals surface area (Å²) in [5.74, 6) is 1.89. The van der Waals surface area contributed by atoms with Gasteiger partial charge >= 0.3 is 0 Å². The first-order valence-corrected chi connectivity index (χ1v) is 11.3. The van der Waals surface area contributed by atoms with E-state index in [1.165, 1.54) is 16.7 Å². The third-order valence-electron chi connectivity index (χ3n) is 6.26. The molecule has 0 radical (unpaired) electrons. The van der Waals surface area contributed by atoms with Crippen LogP contribution in [0.3, 0.4) is 0 Å². The largest absolute Gasteiger partial charge is 0.338 e. The van der Waals surface area contributed by atoms with Crippen molar-refractivity contribution >= 4 is 5.95 Å². The van der Waals surface area contributed by atoms with Gasteiger partial charge in [-0.3, -0.25) is 9.47 Å². The fourth-order valence-electron chi connectivity index (χ4n) is 4.38. The fraction of sp³-hybridized carbons (Fsp3) is 0.259. The predicted molar refractivity (Wildman–Crippen MR) is 130 cm³/mol. The summed E-state index contributed by atoms with van der Waals surface area (Å²) < 4.78 is 2.28. The Labute approximate surface area is 189 Å². The monoisotopic (exact) mass is 423 g/mol. The molecular formula is C27H29N5. The topological polar surface area (TPSA) is 37.2 Å². The lowest BCUT2D eigenvalue weighted by molar-refractivity contribution is 0.248. The van der Waals surface area contributed by atoms with Gasteiger partial charge in [0.25, 0.3) is 0 Å². The maximum Gasteiger partial charge on any atom is 0.227 e. The molecular weight excluding hydrogens is 394 g/mol. The Kier molecular flexibility index (Phi) is 5.99. The van der Waals surface area contributed by atoms with Gasteiger partial charge in [0.1, 0.15) is 0 Å². The van der Waals surface area contributed by atoms with E-state index in [2.05, 4.69) is 110 Å². The number of piperazine rings is 1. The van der Waals surface area contributed by atoms with Crippen LogP contribution in [-0.4, -0.2) is 45.8 Å². The zero-order valence-electron chi connectivity index (χ0n) is 18.6. The minimum Gasteiger partial charge on any atom is -0.338 e. The predicted octanol–water partition coefficient (Wildman–Crippen LogP) is 4.62. The SMILES string of the molecule is Cc1ccccc1Cn1c(-c2ccccc2)nnc1N1CCN(Cc2ccccc2)CC1. The summed E-state index contributed by atoms with van der Waals surface area (Å²) in [4.78, 5) is 4.91. The summed E-state index contributed by atoms with van der Waals surface area (Å²) in [6, 6.07) is 29.7. The molecule has 1 fully saturated rings. The molecule has 0 amide bonds. The molecule has 0 aliphatic carbocycles. The molecule has 3 aromatic carbocycles. The van der Waals surface area contributed by atoms with Crippen molar-refractivity contribution < 1.29 is 0 Å². The van der Waals surface area contributed by atoms with Crippen LogP contribution in [0.1, 0.15) is 16.7 Å². The highest BCUT2D eigenvalue weighted by Gasteiger charge is 2.24. The van der Waals surface area contributed by atoms with Crippen LogP contribution in [0.4, 0.5) is 5.95 Å². The van der Waals surface area contributed by atoms with Crippen molar-refractivity contribution in [1.82, 2.24) is 19.7 Å². The smallest absolute Gasteiger partial charge is 0.227 e. The first-order valence-electron chi connectivity index (χ1n) is 11.3. The lowest BCUT2D eigenvalue weighted by Crippen LogP contribution is -2.46. The minimum atomic E-state index is 0.767. The van der Waals surface area contributed by atoms with Gasteiger partial charge in [0.05, 0.1) is 6.54 Å². The van der Waals surface area contributed by atoms with E-state index in [0.717, 1.165) is 56.6 Å². The van der Waals surface area contributed by atoms with E-state index in [0.29, 0.717) is 0 Å². The lowest BCUT2D eigenvalue weighted by atomic mass is 10.1. The van der Waals surface area contributed by atoms with Crippen molar-refractivity contribution in [2.24, 2.45) is 0 Å². The Morgan fingerprint density at radius 3 is 2.06 bits per heavy atom. The Hall–Kier alpha value is -3.44. The quantitative estimate of drug-likeness (QED) is 0.453. The molecule has 5 rings (SSSR count). The third-order valence-corrected chi connectivity index (χ3v) is 6.26. The maximum atomic E-state index is 4.67. The normalized spacial score (nSPS) is 14.6. The van der Waals surface area contributed by atoms with Gasteiger partial charge in [-0.15, -0.1) is 10.2 Å². The summed E-state index contributed by atoms with van der Waals surface area (Å²) in [5, 5.41) is 9.30. The molecule has 0 saturated carbocycles. The van der Waals surface area contributed by atoms with Gasteiger partial charge in [0.2, 0.25) is 5.95 Å². The second kappa shape index (κ2) is 9.37. The molecule has 1 saturated heterocycles. The highest BCUT2D eigenvalue weighted by Crippen LogP contribution is 2.26. The van der Waals surface area contributed by atoms with Crippen molar-refractivity contribution in [2.45, 2.75) is 20.0 Å². The molecule has 5 nitrogen and oxygen atoms in total. The lowest BCUT2D eigenvalue weighted by Gasteiger charge is -2.35. The highest BCUT2D eigenvalue weighted by atomic mass is 15.4. The molecule has 1 aliphatic rings. The van der Waals surface area contributed by atoms with Crippen LogP contribution < -0.4 is 4.90 Å². The van der Waals surface area contributed by atoms with E-state index in [1.807, 2.05) is 6.07 Å². The van der Waals surface area contributed by atoms with Gasteiger partial charge in [0.15, 0.2) is 5.82 Å². The zero-order chi connectivity index (χ0) is 21.8. The number of aryl methyl sites for hydroxylation is 1. The molecule has 32 heavy (non-hydrogen) atoms. The molecule has 0 N–H and O–H groups in total. The van der Waals surface area contributed by atoms with E-state index in [4.69, 9.17) is 0 Å². The average molecular weight is 424 g/mol. The van der Waals surface area contributed by atoms with E-state index in [1.54, 1.807) is 0 Å². The summed E-state index contributed by atoms with van der Waals surface area (Å²) in [6.07, 6.45) is 0. The molecule has 0 unspecified atom stereocenters. The van der Waals surface area contributed by atoms with Crippen molar-refractivity contribution in [3.8, 4) is 11.4 Å². The van der Waals surface area contributed by atoms with Crippen LogP contribution in [-0.2, 0) is 13.1 Å². The van der Waals surface area contributed by atoms with Crippen molar-refractivity contribution in [1.29, 1.82) is 0 Å². The summed E-state index contributed by atoms with van der Waals surface area (Å²) >= 11 is 0. The number of benzene rings is 3. The average Bonchev–Trinajstić information content (AvgIpc) is 3.26. The minimum absolute atomic E-state index is 0.767. The van der Waals surface area contributed by atoms with Crippen molar-refractivity contribution in [2.75, 3.05) is 31.1 Å². The van der Waals surface area contributed by atoms with Crippen molar-refractivity contribution in [3.63, 3.8) is 0 Å². The number of anilines is 1. The van der Waals surface area contributed by atoms with Gasteiger partial charge in [-0.2, -0.15) is 0 Å². The second-order valence-corrected chi connectivity index (χ2v) is 8.45. The van der Waals surface area contributed by atoms with Crippen LogP contribution in [0.5, 0.6) is 0 Å². The van der Waals surface area contributed by atoms with E-state index in [9.17, 15) is 0 Å². The number of rotatable bonds is 6. The number of aromatic nitrogens is 3. The van der Waals surface area contributed by atoms with Gasteiger partial charge in [-0.05, 0) is 23.6 Å². The molecule has 162 valence electrons. The summed E-state index contributed by atoms with van der Waals surface area (Å²) in [7, 11) is 0. The molecule has 5 heteroatoms. The van der Waals surface area contributed by atoms with Crippen LogP contribution in [0.25, 0.3) is 11.4 Å². The van der Waals surface area contributed by atoms with Gasteiger partial charge in [-0.1, -0.05) is 84.9 Å². The number of hydrogen-bond acceptors (Lipinski definition) is 4. The van der Waals surface area contributed by atoms with Crippen molar-refractivity contribution in [3.05, 3.63) is 102 Å². The van der Waals surface area contributed by atoms with E-state index in [-0.39, 0.29) is 0 Å². The molecule has 2 heterocycles. The standard InChI is InChI=1S/C27H29N5/c1-22-10-8-9-15-25(22)21-32-26(24-13-6-3-7-14-24)28-29-27(32)31-18-16-30(17-19-31)20-23-11-4-2-5-12-23/h2-15H,16-21H2,1H3. The maximum absolute atomic E-state index is 4.67. The van der Waals surface area contributed by atoms with Crippen LogP contribution in [0, 0.1) is 6.92 Å². The number of hydrogen-bond donors (Lipinski definition) is 0. The van der Waals surface area contributed by atoms with Gasteiger partial charge in [0, 0.05) is 38.3 Å². The first-order chi connectivity index (χ1) is 15.8. The summed E-state index contributed by atoms with van der Waals surface area (Å²) in [5.41, 5.74) is 5.06. The third kappa shape index (κ3) is 4.43. The van der Waals surface area contributed by atoms with Gasteiger partial charge < -0.3 is 4.90 Å². The Morgan fingerprint density at radius 2 is 1.34 bits per heavy atom. The van der Waals surface area contributed by atoms with E-state index >= 15 is 0 Å². The molecule has 0 spiro atoms. The Morgan fingerprint density at radius 1 is 0.688 bits per heavy atom. The molecule has 4 aromatic rings. The molecule has 0 atom stereocenters. The van der Waals surface area contributed by atoms with E-state index < -0.39 is 0 Å². The Bertz CT molecular complexity index is 1150. The van der Waals surface area contributed by atoms with Crippen LogP contribution in [0.15, 0.2) is 84.9 Å². The number of nitrogens with zero attached hydrogens (tertiary/aromatic N) is 5. The summed E-state index contributed by atoms with van der Waals surface area (Å²) in [6.45, 7) is 7.88. The first kappa shape index (κ1) is 20.5. The van der Waals surface area contributed by atoms with Crippen LogP contribution >= 0.6 is 0 Å². The van der Waals surface area contributed by atoms with Gasteiger partial charge in [-0.25, -0.2) is 0 Å².